The second kappa shape index (κ2) is 7.79. The van der Waals surface area contributed by atoms with Crippen molar-refractivity contribution >= 4 is 5.97 Å². The first-order chi connectivity index (χ1) is 10.6. The zero-order chi connectivity index (χ0) is 15.9. The van der Waals surface area contributed by atoms with Gasteiger partial charge in [0.1, 0.15) is 6.10 Å². The molecule has 2 nitrogen and oxygen atoms in total. The maximum absolute atomic E-state index is 12.3. The summed E-state index contributed by atoms with van der Waals surface area (Å²) in [7, 11) is 0. The van der Waals surface area contributed by atoms with Crippen molar-refractivity contribution in [1.82, 2.24) is 0 Å². The summed E-state index contributed by atoms with van der Waals surface area (Å²) in [6.45, 7) is 6.36. The smallest absolute Gasteiger partial charge is 0.338 e. The van der Waals surface area contributed by atoms with Crippen LogP contribution in [0.15, 0.2) is 54.6 Å². The van der Waals surface area contributed by atoms with E-state index >= 15 is 0 Å². The third kappa shape index (κ3) is 3.97. The third-order valence-corrected chi connectivity index (χ3v) is 4.08. The fourth-order valence-corrected chi connectivity index (χ4v) is 2.77. The van der Waals surface area contributed by atoms with E-state index in [0.29, 0.717) is 5.56 Å². The number of hydrogen-bond acceptors (Lipinski definition) is 2. The fourth-order valence-electron chi connectivity index (χ4n) is 2.77. The Morgan fingerprint density at radius 1 is 1.05 bits per heavy atom. The van der Waals surface area contributed by atoms with Crippen LogP contribution >= 0.6 is 0 Å². The number of aryl methyl sites for hydroxylation is 1. The minimum atomic E-state index is -0.237. The lowest BCUT2D eigenvalue weighted by Crippen LogP contribution is -2.24. The van der Waals surface area contributed by atoms with Crippen molar-refractivity contribution in [2.24, 2.45) is 0 Å². The highest BCUT2D eigenvalue weighted by atomic mass is 16.5. The van der Waals surface area contributed by atoms with Crippen molar-refractivity contribution in [1.29, 1.82) is 0 Å². The van der Waals surface area contributed by atoms with Gasteiger partial charge in [-0.15, -0.1) is 0 Å². The predicted molar refractivity (Wildman–Crippen MR) is 90.1 cm³/mol. The summed E-state index contributed by atoms with van der Waals surface area (Å²) in [6.07, 6.45) is 1.76. The van der Waals surface area contributed by atoms with Gasteiger partial charge in [0.25, 0.3) is 0 Å². The van der Waals surface area contributed by atoms with Crippen LogP contribution in [0.1, 0.15) is 54.1 Å². The summed E-state index contributed by atoms with van der Waals surface area (Å²) >= 11 is 0. The van der Waals surface area contributed by atoms with Gasteiger partial charge in [0, 0.05) is 5.92 Å². The maximum atomic E-state index is 12.3. The molecule has 0 saturated heterocycles. The van der Waals surface area contributed by atoms with Crippen LogP contribution < -0.4 is 0 Å². The molecule has 116 valence electrons. The molecule has 2 aromatic carbocycles. The van der Waals surface area contributed by atoms with Crippen LogP contribution in [0.3, 0.4) is 0 Å². The molecule has 0 amide bonds. The third-order valence-electron chi connectivity index (χ3n) is 4.08. The molecule has 0 radical (unpaired) electrons. The van der Waals surface area contributed by atoms with Gasteiger partial charge in [-0.2, -0.15) is 0 Å². The van der Waals surface area contributed by atoms with Gasteiger partial charge in [-0.05, 0) is 36.6 Å². The second-order valence-electron chi connectivity index (χ2n) is 5.74. The lowest BCUT2D eigenvalue weighted by Gasteiger charge is -2.25. The lowest BCUT2D eigenvalue weighted by molar-refractivity contribution is 0.0222. The van der Waals surface area contributed by atoms with Crippen molar-refractivity contribution in [2.75, 3.05) is 0 Å². The number of rotatable bonds is 6. The summed E-state index contributed by atoms with van der Waals surface area (Å²) in [4.78, 5) is 12.3. The molecule has 0 N–H and O–H groups in total. The Kier molecular flexibility index (Phi) is 5.76. The van der Waals surface area contributed by atoms with Crippen LogP contribution in [0.4, 0.5) is 0 Å². The van der Waals surface area contributed by atoms with E-state index in [-0.39, 0.29) is 18.0 Å². The van der Waals surface area contributed by atoms with Gasteiger partial charge in [0.15, 0.2) is 0 Å². The number of benzene rings is 2. The molecular formula is C20H24O2. The molecule has 2 rings (SSSR count). The van der Waals surface area contributed by atoms with E-state index in [1.54, 1.807) is 12.1 Å². The van der Waals surface area contributed by atoms with Gasteiger partial charge in [-0.1, -0.05) is 62.7 Å². The molecule has 0 aliphatic carbocycles. The molecule has 0 aliphatic rings. The first-order valence-electron chi connectivity index (χ1n) is 7.95. The monoisotopic (exact) mass is 296 g/mol. The van der Waals surface area contributed by atoms with Crippen LogP contribution in [0.5, 0.6) is 0 Å². The Balaban J connectivity index is 2.16. The van der Waals surface area contributed by atoms with Crippen molar-refractivity contribution < 1.29 is 9.53 Å². The van der Waals surface area contributed by atoms with E-state index in [4.69, 9.17) is 4.74 Å². The van der Waals surface area contributed by atoms with E-state index in [0.717, 1.165) is 12.8 Å². The average Bonchev–Trinajstić information content (AvgIpc) is 2.55. The molecule has 0 heterocycles. The second-order valence-corrected chi connectivity index (χ2v) is 5.74. The zero-order valence-electron chi connectivity index (χ0n) is 13.6. The van der Waals surface area contributed by atoms with Gasteiger partial charge in [0.2, 0.25) is 0 Å². The normalized spacial score (nSPS) is 13.4. The van der Waals surface area contributed by atoms with Gasteiger partial charge < -0.3 is 4.74 Å². The molecule has 2 unspecified atom stereocenters. The Labute approximate surface area is 133 Å². The standard InChI is InChI=1S/C20H24O2/c1-4-10-19(16(3)18-14-9-8-11-15(18)2)22-20(21)17-12-6-5-7-13-17/h5-9,11-14,16,19H,4,10H2,1-3H3. The quantitative estimate of drug-likeness (QED) is 0.691. The molecule has 0 fully saturated rings. The molecular weight excluding hydrogens is 272 g/mol. The number of carbonyl (C=O) groups excluding carboxylic acids is 1. The highest BCUT2D eigenvalue weighted by molar-refractivity contribution is 5.89. The molecule has 0 bridgehead atoms. The molecule has 0 aliphatic heterocycles. The number of hydrogen-bond donors (Lipinski definition) is 0. The molecule has 2 aromatic rings. The van der Waals surface area contributed by atoms with E-state index in [9.17, 15) is 4.79 Å². The van der Waals surface area contributed by atoms with Crippen LogP contribution in [0, 0.1) is 6.92 Å². The fraction of sp³-hybridized carbons (Fsp3) is 0.350. The SMILES string of the molecule is CCCC(OC(=O)c1ccccc1)C(C)c1ccccc1C. The molecule has 0 saturated carbocycles. The Morgan fingerprint density at radius 3 is 2.32 bits per heavy atom. The van der Waals surface area contributed by atoms with Crippen molar-refractivity contribution in [2.45, 2.75) is 45.6 Å². The van der Waals surface area contributed by atoms with Gasteiger partial charge in [-0.25, -0.2) is 4.79 Å². The molecule has 0 spiro atoms. The molecule has 22 heavy (non-hydrogen) atoms. The first kappa shape index (κ1) is 16.3. The highest BCUT2D eigenvalue weighted by Crippen LogP contribution is 2.27. The predicted octanol–water partition coefficient (Wildman–Crippen LogP) is 5.12. The summed E-state index contributed by atoms with van der Waals surface area (Å²) < 4.78 is 5.81. The summed E-state index contributed by atoms with van der Waals surface area (Å²) in [5.74, 6) is -0.0479. The minimum absolute atomic E-state index is 0.0983. The largest absolute Gasteiger partial charge is 0.458 e. The average molecular weight is 296 g/mol. The van der Waals surface area contributed by atoms with Crippen LogP contribution in [0.25, 0.3) is 0 Å². The summed E-state index contributed by atoms with van der Waals surface area (Å²) in [5.41, 5.74) is 3.11. The lowest BCUT2D eigenvalue weighted by atomic mass is 9.89. The molecule has 2 atom stereocenters. The first-order valence-corrected chi connectivity index (χ1v) is 7.95. The van der Waals surface area contributed by atoms with Crippen molar-refractivity contribution in [3.05, 3.63) is 71.3 Å². The van der Waals surface area contributed by atoms with E-state index in [2.05, 4.69) is 32.9 Å². The van der Waals surface area contributed by atoms with Crippen LogP contribution in [-0.4, -0.2) is 12.1 Å². The van der Waals surface area contributed by atoms with Crippen molar-refractivity contribution in [3.8, 4) is 0 Å². The molecule has 0 aromatic heterocycles. The van der Waals surface area contributed by atoms with Crippen LogP contribution in [-0.2, 0) is 4.74 Å². The summed E-state index contributed by atoms with van der Waals surface area (Å²) in [5, 5.41) is 0. The van der Waals surface area contributed by atoms with Crippen molar-refractivity contribution in [3.63, 3.8) is 0 Å². The molecule has 2 heteroatoms. The Morgan fingerprint density at radius 2 is 1.68 bits per heavy atom. The van der Waals surface area contributed by atoms with E-state index < -0.39 is 0 Å². The van der Waals surface area contributed by atoms with E-state index in [1.807, 2.05) is 30.3 Å². The minimum Gasteiger partial charge on any atom is -0.458 e. The number of carbonyl (C=O) groups is 1. The van der Waals surface area contributed by atoms with Crippen LogP contribution in [0.2, 0.25) is 0 Å². The zero-order valence-corrected chi connectivity index (χ0v) is 13.6. The topological polar surface area (TPSA) is 26.3 Å². The maximum Gasteiger partial charge on any atom is 0.338 e. The highest BCUT2D eigenvalue weighted by Gasteiger charge is 2.23. The van der Waals surface area contributed by atoms with Gasteiger partial charge in [-0.3, -0.25) is 0 Å². The number of esters is 1. The van der Waals surface area contributed by atoms with Gasteiger partial charge >= 0.3 is 5.97 Å². The number of ether oxygens (including phenoxy) is 1. The van der Waals surface area contributed by atoms with E-state index in [1.165, 1.54) is 11.1 Å². The Hall–Kier alpha value is -2.09. The van der Waals surface area contributed by atoms with Gasteiger partial charge in [0.05, 0.1) is 5.56 Å². The summed E-state index contributed by atoms with van der Waals surface area (Å²) in [6, 6.07) is 17.5. The Bertz CT molecular complexity index is 604.